The molecule has 0 aliphatic rings. The quantitative estimate of drug-likeness (QED) is 0.702. The molecule has 1 aromatic carbocycles. The zero-order valence-corrected chi connectivity index (χ0v) is 16.5. The zero-order chi connectivity index (χ0) is 20.0. The largest absolute Gasteiger partial charge is 0.482 e. The molecule has 0 saturated heterocycles. The van der Waals surface area contributed by atoms with Crippen LogP contribution < -0.4 is 10.1 Å². The van der Waals surface area contributed by atoms with Crippen LogP contribution in [0.2, 0.25) is 5.02 Å². The fourth-order valence-electron chi connectivity index (χ4n) is 2.11. The molecule has 0 saturated carbocycles. The third-order valence-electron chi connectivity index (χ3n) is 3.54. The third-order valence-corrected chi connectivity index (χ3v) is 4.90. The molecule has 0 spiro atoms. The first kappa shape index (κ1) is 20.7. The normalized spacial score (nSPS) is 10.2. The van der Waals surface area contributed by atoms with E-state index < -0.39 is 24.5 Å². The van der Waals surface area contributed by atoms with E-state index in [1.807, 2.05) is 6.92 Å². The molecule has 0 bridgehead atoms. The molecule has 0 atom stereocenters. The smallest absolute Gasteiger partial charge is 0.344 e. The number of hydrogen-bond acceptors (Lipinski definition) is 7. The van der Waals surface area contributed by atoms with Gasteiger partial charge in [0.25, 0.3) is 5.91 Å². The number of methoxy groups -OCH3 is 1. The van der Waals surface area contributed by atoms with Crippen molar-refractivity contribution in [2.45, 2.75) is 13.8 Å². The molecule has 1 heterocycles. The standard InChI is InChI=1S/C18H18ClNO6S/c1-10-11(2)27-17(16(10)18(23)24-3)20-14(21)8-26-15(22)9-25-13-6-4-5-12(19)7-13/h4-7H,8-9H2,1-3H3,(H,20,21). The molecule has 2 rings (SSSR count). The molecule has 0 aliphatic heterocycles. The number of anilines is 1. The lowest BCUT2D eigenvalue weighted by molar-refractivity contribution is -0.149. The number of rotatable bonds is 7. The molecule has 7 nitrogen and oxygen atoms in total. The molecule has 0 radical (unpaired) electrons. The molecular formula is C18H18ClNO6S. The van der Waals surface area contributed by atoms with Gasteiger partial charge in [0.2, 0.25) is 0 Å². The highest BCUT2D eigenvalue weighted by Gasteiger charge is 2.22. The fraction of sp³-hybridized carbons (Fsp3) is 0.278. The maximum atomic E-state index is 12.0. The van der Waals surface area contributed by atoms with Crippen molar-refractivity contribution < 1.29 is 28.6 Å². The number of nitrogens with one attached hydrogen (secondary N) is 1. The Hall–Kier alpha value is -2.58. The van der Waals surface area contributed by atoms with Crippen molar-refractivity contribution in [1.82, 2.24) is 0 Å². The van der Waals surface area contributed by atoms with Gasteiger partial charge in [-0.1, -0.05) is 17.7 Å². The summed E-state index contributed by atoms with van der Waals surface area (Å²) in [7, 11) is 1.27. The highest BCUT2D eigenvalue weighted by atomic mass is 35.5. The zero-order valence-electron chi connectivity index (χ0n) is 15.0. The van der Waals surface area contributed by atoms with Gasteiger partial charge in [0.15, 0.2) is 13.2 Å². The maximum absolute atomic E-state index is 12.0. The van der Waals surface area contributed by atoms with Gasteiger partial charge in [-0.05, 0) is 37.6 Å². The van der Waals surface area contributed by atoms with E-state index in [9.17, 15) is 14.4 Å². The number of aryl methyl sites for hydroxylation is 1. The minimum absolute atomic E-state index is 0.295. The fourth-order valence-corrected chi connectivity index (χ4v) is 3.36. The van der Waals surface area contributed by atoms with Gasteiger partial charge in [0, 0.05) is 9.90 Å². The average Bonchev–Trinajstić information content (AvgIpc) is 2.91. The Morgan fingerprint density at radius 1 is 1.19 bits per heavy atom. The Morgan fingerprint density at radius 3 is 2.59 bits per heavy atom. The molecule has 0 aliphatic carbocycles. The second-order valence-electron chi connectivity index (χ2n) is 5.43. The van der Waals surface area contributed by atoms with E-state index >= 15 is 0 Å². The van der Waals surface area contributed by atoms with Gasteiger partial charge in [-0.15, -0.1) is 11.3 Å². The Labute approximate surface area is 165 Å². The van der Waals surface area contributed by atoms with Crippen molar-refractivity contribution in [3.63, 3.8) is 0 Å². The van der Waals surface area contributed by atoms with Crippen LogP contribution in [0.25, 0.3) is 0 Å². The number of carbonyl (C=O) groups is 3. The van der Waals surface area contributed by atoms with E-state index in [2.05, 4.69) is 5.32 Å². The molecule has 0 fully saturated rings. The van der Waals surface area contributed by atoms with Gasteiger partial charge in [-0.25, -0.2) is 9.59 Å². The second-order valence-corrected chi connectivity index (χ2v) is 7.10. The SMILES string of the molecule is COC(=O)c1c(NC(=O)COC(=O)COc2cccc(Cl)c2)sc(C)c1C. The predicted molar refractivity (Wildman–Crippen MR) is 102 cm³/mol. The van der Waals surface area contributed by atoms with Gasteiger partial charge in [0.05, 0.1) is 12.7 Å². The first-order valence-corrected chi connectivity index (χ1v) is 9.03. The van der Waals surface area contributed by atoms with Crippen molar-refractivity contribution >= 4 is 45.8 Å². The summed E-state index contributed by atoms with van der Waals surface area (Å²) in [6.07, 6.45) is 0. The van der Waals surface area contributed by atoms with Crippen LogP contribution in [0.15, 0.2) is 24.3 Å². The molecular weight excluding hydrogens is 394 g/mol. The summed E-state index contributed by atoms with van der Waals surface area (Å²) in [5.41, 5.74) is 1.03. The van der Waals surface area contributed by atoms with Crippen LogP contribution in [-0.4, -0.2) is 38.2 Å². The van der Waals surface area contributed by atoms with Crippen molar-refractivity contribution in [3.8, 4) is 5.75 Å². The predicted octanol–water partition coefficient (Wildman–Crippen LogP) is 3.37. The molecule has 144 valence electrons. The highest BCUT2D eigenvalue weighted by Crippen LogP contribution is 2.32. The molecule has 1 amide bonds. The Balaban J connectivity index is 1.86. The summed E-state index contributed by atoms with van der Waals surface area (Å²) < 4.78 is 14.8. The summed E-state index contributed by atoms with van der Waals surface area (Å²) >= 11 is 7.06. The van der Waals surface area contributed by atoms with Crippen LogP contribution >= 0.6 is 22.9 Å². The van der Waals surface area contributed by atoms with Crippen molar-refractivity contribution in [3.05, 3.63) is 45.3 Å². The van der Waals surface area contributed by atoms with E-state index in [-0.39, 0.29) is 6.61 Å². The molecule has 1 N–H and O–H groups in total. The van der Waals surface area contributed by atoms with Crippen molar-refractivity contribution in [2.75, 3.05) is 25.6 Å². The number of halogens is 1. The van der Waals surface area contributed by atoms with E-state index in [1.54, 1.807) is 31.2 Å². The van der Waals surface area contributed by atoms with Crippen molar-refractivity contribution in [2.24, 2.45) is 0 Å². The Morgan fingerprint density at radius 2 is 1.93 bits per heavy atom. The number of esters is 2. The summed E-state index contributed by atoms with van der Waals surface area (Å²) in [5, 5.41) is 3.40. The third kappa shape index (κ3) is 5.70. The Kier molecular flexibility index (Phi) is 7.20. The highest BCUT2D eigenvalue weighted by molar-refractivity contribution is 7.16. The lowest BCUT2D eigenvalue weighted by Gasteiger charge is -2.08. The number of hydrogen-bond donors (Lipinski definition) is 1. The number of ether oxygens (including phenoxy) is 3. The molecule has 0 unspecified atom stereocenters. The minimum atomic E-state index is -0.711. The van der Waals surface area contributed by atoms with Crippen LogP contribution in [0, 0.1) is 13.8 Å². The second kappa shape index (κ2) is 9.38. The minimum Gasteiger partial charge on any atom is -0.482 e. The number of benzene rings is 1. The maximum Gasteiger partial charge on any atom is 0.344 e. The van der Waals surface area contributed by atoms with E-state index in [4.69, 9.17) is 25.8 Å². The summed E-state index contributed by atoms with van der Waals surface area (Å²) in [6.45, 7) is 2.73. The van der Waals surface area contributed by atoms with Gasteiger partial charge in [-0.2, -0.15) is 0 Å². The molecule has 9 heteroatoms. The van der Waals surface area contributed by atoms with Gasteiger partial charge in [0.1, 0.15) is 10.8 Å². The number of amides is 1. The molecule has 1 aromatic heterocycles. The van der Waals surface area contributed by atoms with Crippen LogP contribution in [0.1, 0.15) is 20.8 Å². The van der Waals surface area contributed by atoms with Gasteiger partial charge >= 0.3 is 11.9 Å². The number of carbonyl (C=O) groups excluding carboxylic acids is 3. The number of thiophene rings is 1. The first-order chi connectivity index (χ1) is 12.8. The van der Waals surface area contributed by atoms with Gasteiger partial charge in [-0.3, -0.25) is 4.79 Å². The summed E-state index contributed by atoms with van der Waals surface area (Å²) in [5.74, 6) is -1.41. The van der Waals surface area contributed by atoms with Crippen molar-refractivity contribution in [1.29, 1.82) is 0 Å². The van der Waals surface area contributed by atoms with E-state index in [0.29, 0.717) is 21.3 Å². The van der Waals surface area contributed by atoms with Crippen LogP contribution in [0.3, 0.4) is 0 Å². The topological polar surface area (TPSA) is 90.9 Å². The molecule has 27 heavy (non-hydrogen) atoms. The molecule has 2 aromatic rings. The monoisotopic (exact) mass is 411 g/mol. The summed E-state index contributed by atoms with van der Waals surface area (Å²) in [6, 6.07) is 6.55. The average molecular weight is 412 g/mol. The lowest BCUT2D eigenvalue weighted by atomic mass is 10.1. The lowest BCUT2D eigenvalue weighted by Crippen LogP contribution is -2.24. The summed E-state index contributed by atoms with van der Waals surface area (Å²) in [4.78, 5) is 36.5. The van der Waals surface area contributed by atoms with Crippen LogP contribution in [0.4, 0.5) is 5.00 Å². The van der Waals surface area contributed by atoms with Gasteiger partial charge < -0.3 is 19.5 Å². The van der Waals surface area contributed by atoms with E-state index in [0.717, 1.165) is 10.4 Å². The van der Waals surface area contributed by atoms with E-state index in [1.165, 1.54) is 18.4 Å². The first-order valence-electron chi connectivity index (χ1n) is 7.84. The van der Waals surface area contributed by atoms with Crippen LogP contribution in [0.5, 0.6) is 5.75 Å². The Bertz CT molecular complexity index is 864. The van der Waals surface area contributed by atoms with Crippen LogP contribution in [-0.2, 0) is 19.1 Å².